The van der Waals surface area contributed by atoms with E-state index in [1.807, 2.05) is 25.1 Å². The summed E-state index contributed by atoms with van der Waals surface area (Å²) in [5.41, 5.74) is 8.44. The van der Waals surface area contributed by atoms with E-state index < -0.39 is 0 Å². The highest BCUT2D eigenvalue weighted by molar-refractivity contribution is 5.99. The minimum atomic E-state index is 0.247. The van der Waals surface area contributed by atoms with Crippen LogP contribution in [0.1, 0.15) is 60.9 Å². The van der Waals surface area contributed by atoms with Gasteiger partial charge in [0, 0.05) is 17.2 Å². The lowest BCUT2D eigenvalue weighted by Gasteiger charge is -2.38. The molecule has 1 aromatic rings. The topological polar surface area (TPSA) is 43.1 Å². The molecular weight excluding hydrogens is 246 g/mol. The number of hydrogen-bond acceptors (Lipinski definition) is 2. The summed E-state index contributed by atoms with van der Waals surface area (Å²) in [7, 11) is 0. The molecule has 108 valence electrons. The van der Waals surface area contributed by atoms with Gasteiger partial charge in [0.2, 0.25) is 0 Å². The van der Waals surface area contributed by atoms with Gasteiger partial charge in [0.1, 0.15) is 0 Å². The molecule has 0 saturated heterocycles. The number of anilines is 1. The highest BCUT2D eigenvalue weighted by atomic mass is 16.1. The van der Waals surface area contributed by atoms with Crippen molar-refractivity contribution < 1.29 is 4.79 Å². The fourth-order valence-electron chi connectivity index (χ4n) is 4.29. The Kier molecular flexibility index (Phi) is 3.82. The number of aryl methyl sites for hydroxylation is 1. The SMILES string of the molecule is Cc1cc(N)ccc1C(=O)C1CCC2CCCCC2C1. The van der Waals surface area contributed by atoms with Crippen molar-refractivity contribution in [1.29, 1.82) is 0 Å². The molecule has 0 aromatic heterocycles. The Hall–Kier alpha value is -1.31. The summed E-state index contributed by atoms with van der Waals surface area (Å²) in [6, 6.07) is 5.69. The zero-order valence-corrected chi connectivity index (χ0v) is 12.4. The third-order valence-electron chi connectivity index (χ3n) is 5.43. The lowest BCUT2D eigenvalue weighted by atomic mass is 9.66. The van der Waals surface area contributed by atoms with Crippen LogP contribution in [0.25, 0.3) is 0 Å². The number of benzene rings is 1. The molecule has 3 unspecified atom stereocenters. The van der Waals surface area contributed by atoms with E-state index in [-0.39, 0.29) is 5.92 Å². The molecule has 3 rings (SSSR count). The maximum Gasteiger partial charge on any atom is 0.166 e. The summed E-state index contributed by atoms with van der Waals surface area (Å²) >= 11 is 0. The molecule has 1 aromatic carbocycles. The minimum Gasteiger partial charge on any atom is -0.399 e. The van der Waals surface area contributed by atoms with Gasteiger partial charge in [-0.1, -0.05) is 25.7 Å². The Morgan fingerprint density at radius 1 is 1.10 bits per heavy atom. The van der Waals surface area contributed by atoms with Crippen LogP contribution in [0.3, 0.4) is 0 Å². The smallest absolute Gasteiger partial charge is 0.166 e. The largest absolute Gasteiger partial charge is 0.399 e. The summed E-state index contributed by atoms with van der Waals surface area (Å²) in [6.45, 7) is 2.00. The third kappa shape index (κ3) is 2.61. The quantitative estimate of drug-likeness (QED) is 0.641. The van der Waals surface area contributed by atoms with Crippen molar-refractivity contribution in [2.45, 2.75) is 51.9 Å². The third-order valence-corrected chi connectivity index (χ3v) is 5.43. The van der Waals surface area contributed by atoms with Gasteiger partial charge in [0.15, 0.2) is 5.78 Å². The predicted molar refractivity (Wildman–Crippen MR) is 82.7 cm³/mol. The first-order chi connectivity index (χ1) is 9.65. The van der Waals surface area contributed by atoms with Crippen LogP contribution in [-0.4, -0.2) is 5.78 Å². The van der Waals surface area contributed by atoms with Gasteiger partial charge in [-0.3, -0.25) is 4.79 Å². The summed E-state index contributed by atoms with van der Waals surface area (Å²) in [5.74, 6) is 2.31. The molecule has 0 bridgehead atoms. The van der Waals surface area contributed by atoms with E-state index in [0.717, 1.165) is 41.5 Å². The molecule has 0 aliphatic heterocycles. The molecule has 0 radical (unpaired) electrons. The molecule has 2 fully saturated rings. The van der Waals surface area contributed by atoms with Crippen molar-refractivity contribution in [1.82, 2.24) is 0 Å². The Morgan fingerprint density at radius 2 is 1.85 bits per heavy atom. The highest BCUT2D eigenvalue weighted by Gasteiger charge is 2.35. The molecule has 2 heteroatoms. The van der Waals surface area contributed by atoms with Crippen molar-refractivity contribution >= 4 is 11.5 Å². The Balaban J connectivity index is 1.74. The molecule has 3 atom stereocenters. The average molecular weight is 271 g/mol. The fraction of sp³-hybridized carbons (Fsp3) is 0.611. The van der Waals surface area contributed by atoms with E-state index in [9.17, 15) is 4.79 Å². The van der Waals surface area contributed by atoms with Crippen molar-refractivity contribution in [3.8, 4) is 0 Å². The van der Waals surface area contributed by atoms with Crippen LogP contribution in [0.2, 0.25) is 0 Å². The van der Waals surface area contributed by atoms with Gasteiger partial charge in [-0.05, 0) is 61.8 Å². The number of fused-ring (bicyclic) bond motifs is 1. The minimum absolute atomic E-state index is 0.247. The van der Waals surface area contributed by atoms with Gasteiger partial charge in [0.25, 0.3) is 0 Å². The number of nitrogens with two attached hydrogens (primary N) is 1. The summed E-state index contributed by atoms with van der Waals surface area (Å²) < 4.78 is 0. The molecule has 0 heterocycles. The summed E-state index contributed by atoms with van der Waals surface area (Å²) in [6.07, 6.45) is 8.97. The van der Waals surface area contributed by atoms with Crippen LogP contribution >= 0.6 is 0 Å². The van der Waals surface area contributed by atoms with Crippen LogP contribution in [-0.2, 0) is 0 Å². The molecule has 2 nitrogen and oxygen atoms in total. The first-order valence-corrected chi connectivity index (χ1v) is 8.05. The molecule has 2 saturated carbocycles. The van der Waals surface area contributed by atoms with Crippen LogP contribution in [0.4, 0.5) is 5.69 Å². The van der Waals surface area contributed by atoms with Crippen LogP contribution in [0.5, 0.6) is 0 Å². The molecular formula is C18H25NO. The lowest BCUT2D eigenvalue weighted by molar-refractivity contribution is 0.0763. The second kappa shape index (κ2) is 5.59. The number of ketones is 1. The molecule has 0 spiro atoms. The number of hydrogen-bond donors (Lipinski definition) is 1. The molecule has 2 aliphatic carbocycles. The average Bonchev–Trinajstić information content (AvgIpc) is 2.46. The van der Waals surface area contributed by atoms with Crippen LogP contribution in [0, 0.1) is 24.7 Å². The van der Waals surface area contributed by atoms with Crippen molar-refractivity contribution in [2.75, 3.05) is 5.73 Å². The van der Waals surface area contributed by atoms with Crippen molar-refractivity contribution in [2.24, 2.45) is 17.8 Å². The Labute approximate surface area is 121 Å². The second-order valence-corrected chi connectivity index (χ2v) is 6.75. The number of carbonyl (C=O) groups is 1. The van der Waals surface area contributed by atoms with E-state index in [0.29, 0.717) is 5.78 Å². The fourth-order valence-corrected chi connectivity index (χ4v) is 4.29. The van der Waals surface area contributed by atoms with Gasteiger partial charge in [0.05, 0.1) is 0 Å². The lowest BCUT2D eigenvalue weighted by Crippen LogP contribution is -2.31. The maximum absolute atomic E-state index is 12.8. The van der Waals surface area contributed by atoms with Crippen LogP contribution in [0.15, 0.2) is 18.2 Å². The van der Waals surface area contributed by atoms with Gasteiger partial charge in [-0.15, -0.1) is 0 Å². The number of carbonyl (C=O) groups excluding carboxylic acids is 1. The van der Waals surface area contributed by atoms with E-state index in [1.54, 1.807) is 0 Å². The molecule has 20 heavy (non-hydrogen) atoms. The number of Topliss-reactive ketones (excluding diaryl/α,β-unsaturated/α-hetero) is 1. The summed E-state index contributed by atoms with van der Waals surface area (Å²) in [4.78, 5) is 12.8. The van der Waals surface area contributed by atoms with Crippen molar-refractivity contribution in [3.63, 3.8) is 0 Å². The molecule has 2 N–H and O–H groups in total. The van der Waals surface area contributed by atoms with Gasteiger partial charge in [-0.2, -0.15) is 0 Å². The van der Waals surface area contributed by atoms with E-state index >= 15 is 0 Å². The van der Waals surface area contributed by atoms with E-state index in [4.69, 9.17) is 5.73 Å². The van der Waals surface area contributed by atoms with Gasteiger partial charge < -0.3 is 5.73 Å². The van der Waals surface area contributed by atoms with Gasteiger partial charge in [-0.25, -0.2) is 0 Å². The van der Waals surface area contributed by atoms with E-state index in [2.05, 4.69) is 0 Å². The normalized spacial score (nSPS) is 29.8. The van der Waals surface area contributed by atoms with E-state index in [1.165, 1.54) is 32.1 Å². The Morgan fingerprint density at radius 3 is 2.60 bits per heavy atom. The number of nitrogen functional groups attached to an aromatic ring is 1. The number of rotatable bonds is 2. The Bertz CT molecular complexity index is 508. The van der Waals surface area contributed by atoms with Crippen molar-refractivity contribution in [3.05, 3.63) is 29.3 Å². The highest BCUT2D eigenvalue weighted by Crippen LogP contribution is 2.43. The zero-order valence-electron chi connectivity index (χ0n) is 12.4. The summed E-state index contributed by atoms with van der Waals surface area (Å²) in [5, 5.41) is 0. The van der Waals surface area contributed by atoms with Gasteiger partial charge >= 0.3 is 0 Å². The first kappa shape index (κ1) is 13.7. The predicted octanol–water partition coefficient (Wildman–Crippen LogP) is 4.37. The maximum atomic E-state index is 12.8. The molecule has 2 aliphatic rings. The van der Waals surface area contributed by atoms with Crippen LogP contribution < -0.4 is 5.73 Å². The first-order valence-electron chi connectivity index (χ1n) is 8.05. The monoisotopic (exact) mass is 271 g/mol. The molecule has 0 amide bonds. The zero-order chi connectivity index (χ0) is 14.1. The standard InChI is InChI=1S/C18H25NO/c1-12-10-16(19)8-9-17(12)18(20)15-7-6-13-4-2-3-5-14(13)11-15/h8-10,13-15H,2-7,11,19H2,1H3. The second-order valence-electron chi connectivity index (χ2n) is 6.75.